The lowest BCUT2D eigenvalue weighted by molar-refractivity contribution is 0.174. The Bertz CT molecular complexity index is 870. The summed E-state index contributed by atoms with van der Waals surface area (Å²) in [5.41, 5.74) is 15.3. The fourth-order valence-electron chi connectivity index (χ4n) is 2.87. The molecule has 1 aliphatic heterocycles. The first-order chi connectivity index (χ1) is 11.2. The molecular formula is C17H18N4O2. The number of aromatic nitrogens is 2. The van der Waals surface area contributed by atoms with Crippen molar-refractivity contribution >= 4 is 16.7 Å². The molecule has 0 bridgehead atoms. The highest BCUT2D eigenvalue weighted by Crippen LogP contribution is 2.38. The Morgan fingerprint density at radius 2 is 1.87 bits per heavy atom. The first-order valence-corrected chi connectivity index (χ1v) is 7.55. The van der Waals surface area contributed by atoms with Crippen LogP contribution in [0, 0.1) is 0 Å². The van der Waals surface area contributed by atoms with Crippen molar-refractivity contribution in [3.63, 3.8) is 0 Å². The summed E-state index contributed by atoms with van der Waals surface area (Å²) in [7, 11) is 0. The highest BCUT2D eigenvalue weighted by molar-refractivity contribution is 5.84. The molecule has 0 fully saturated rings. The average molecular weight is 310 g/mol. The van der Waals surface area contributed by atoms with E-state index in [1.165, 1.54) is 0 Å². The number of ether oxygens (including phenoxy) is 2. The maximum atomic E-state index is 5.91. The van der Waals surface area contributed by atoms with Gasteiger partial charge in [-0.2, -0.15) is 0 Å². The van der Waals surface area contributed by atoms with Crippen LogP contribution in [0.2, 0.25) is 0 Å². The number of anilines is 1. The van der Waals surface area contributed by atoms with Crippen molar-refractivity contribution < 1.29 is 9.47 Å². The summed E-state index contributed by atoms with van der Waals surface area (Å²) in [6.07, 6.45) is 0. The SMILES string of the molecule is CC(CN)n1c(-c2ccc(N)cc2)nc2cc3c(cc21)OCO3. The first kappa shape index (κ1) is 13.9. The van der Waals surface area contributed by atoms with Crippen LogP contribution >= 0.6 is 0 Å². The van der Waals surface area contributed by atoms with Gasteiger partial charge in [-0.05, 0) is 31.2 Å². The zero-order valence-electron chi connectivity index (χ0n) is 12.8. The van der Waals surface area contributed by atoms with Crippen molar-refractivity contribution in [3.8, 4) is 22.9 Å². The molecule has 1 atom stereocenters. The van der Waals surface area contributed by atoms with Gasteiger partial charge in [0, 0.05) is 36.0 Å². The molecule has 6 heteroatoms. The molecule has 1 aromatic heterocycles. The van der Waals surface area contributed by atoms with Gasteiger partial charge in [-0.1, -0.05) is 0 Å². The lowest BCUT2D eigenvalue weighted by Gasteiger charge is -2.16. The van der Waals surface area contributed by atoms with Crippen molar-refractivity contribution in [1.29, 1.82) is 0 Å². The van der Waals surface area contributed by atoms with Gasteiger partial charge in [0.15, 0.2) is 11.5 Å². The minimum Gasteiger partial charge on any atom is -0.454 e. The summed E-state index contributed by atoms with van der Waals surface area (Å²) in [6, 6.07) is 11.7. The maximum Gasteiger partial charge on any atom is 0.231 e. The van der Waals surface area contributed by atoms with E-state index in [0.717, 1.165) is 39.6 Å². The summed E-state index contributed by atoms with van der Waals surface area (Å²) in [4.78, 5) is 4.79. The number of fused-ring (bicyclic) bond motifs is 2. The van der Waals surface area contributed by atoms with Crippen LogP contribution in [0.3, 0.4) is 0 Å². The molecule has 6 nitrogen and oxygen atoms in total. The Morgan fingerprint density at radius 1 is 1.17 bits per heavy atom. The molecule has 0 saturated carbocycles. The zero-order valence-corrected chi connectivity index (χ0v) is 12.8. The molecule has 2 heterocycles. The van der Waals surface area contributed by atoms with Gasteiger partial charge < -0.3 is 25.5 Å². The number of imidazole rings is 1. The van der Waals surface area contributed by atoms with Crippen LogP contribution in [0.25, 0.3) is 22.4 Å². The average Bonchev–Trinajstić information content (AvgIpc) is 3.16. The zero-order chi connectivity index (χ0) is 16.0. The largest absolute Gasteiger partial charge is 0.454 e. The van der Waals surface area contributed by atoms with E-state index in [1.807, 2.05) is 36.4 Å². The van der Waals surface area contributed by atoms with E-state index in [1.54, 1.807) is 0 Å². The highest BCUT2D eigenvalue weighted by atomic mass is 16.7. The van der Waals surface area contributed by atoms with Gasteiger partial charge in [-0.15, -0.1) is 0 Å². The number of nitrogens with zero attached hydrogens (tertiary/aromatic N) is 2. The monoisotopic (exact) mass is 310 g/mol. The Hall–Kier alpha value is -2.73. The molecule has 0 saturated heterocycles. The van der Waals surface area contributed by atoms with E-state index in [4.69, 9.17) is 25.9 Å². The van der Waals surface area contributed by atoms with Gasteiger partial charge >= 0.3 is 0 Å². The molecule has 1 unspecified atom stereocenters. The minimum absolute atomic E-state index is 0.105. The molecule has 23 heavy (non-hydrogen) atoms. The van der Waals surface area contributed by atoms with E-state index in [-0.39, 0.29) is 12.8 Å². The van der Waals surface area contributed by atoms with Gasteiger partial charge in [0.2, 0.25) is 6.79 Å². The standard InChI is InChI=1S/C17H18N4O2/c1-10(8-18)21-14-7-16-15(22-9-23-16)6-13(14)20-17(21)11-2-4-12(19)5-3-11/h2-7,10H,8-9,18-19H2,1H3. The Morgan fingerprint density at radius 3 is 2.57 bits per heavy atom. The molecule has 3 aromatic rings. The van der Waals surface area contributed by atoms with E-state index in [2.05, 4.69) is 11.5 Å². The van der Waals surface area contributed by atoms with Gasteiger partial charge in [0.05, 0.1) is 11.0 Å². The normalized spacial score (nSPS) is 14.3. The minimum atomic E-state index is 0.105. The molecule has 118 valence electrons. The third kappa shape index (κ3) is 2.19. The first-order valence-electron chi connectivity index (χ1n) is 7.55. The van der Waals surface area contributed by atoms with E-state index < -0.39 is 0 Å². The number of benzene rings is 2. The summed E-state index contributed by atoms with van der Waals surface area (Å²) in [5.74, 6) is 2.33. The van der Waals surface area contributed by atoms with Gasteiger partial charge in [-0.25, -0.2) is 4.98 Å². The molecule has 2 aromatic carbocycles. The molecule has 4 rings (SSSR count). The van der Waals surface area contributed by atoms with Crippen LogP contribution in [0.4, 0.5) is 5.69 Å². The van der Waals surface area contributed by atoms with Crippen LogP contribution in [-0.4, -0.2) is 22.9 Å². The lowest BCUT2D eigenvalue weighted by Crippen LogP contribution is -2.16. The van der Waals surface area contributed by atoms with Crippen LogP contribution in [-0.2, 0) is 0 Å². The van der Waals surface area contributed by atoms with Gasteiger partial charge in [-0.3, -0.25) is 0 Å². The predicted octanol–water partition coefficient (Wildman–Crippen LogP) is 2.53. The van der Waals surface area contributed by atoms with Crippen molar-refractivity contribution in [3.05, 3.63) is 36.4 Å². The smallest absolute Gasteiger partial charge is 0.231 e. The van der Waals surface area contributed by atoms with Gasteiger partial charge in [0.1, 0.15) is 5.82 Å². The Balaban J connectivity index is 1.97. The van der Waals surface area contributed by atoms with Crippen molar-refractivity contribution in [2.24, 2.45) is 5.73 Å². The predicted molar refractivity (Wildman–Crippen MR) is 89.5 cm³/mol. The second kappa shape index (κ2) is 5.17. The number of nitrogens with two attached hydrogens (primary N) is 2. The molecule has 1 aliphatic rings. The van der Waals surface area contributed by atoms with Gasteiger partial charge in [0.25, 0.3) is 0 Å². The molecule has 0 radical (unpaired) electrons. The third-order valence-corrected chi connectivity index (χ3v) is 4.13. The number of nitrogen functional groups attached to an aromatic ring is 1. The van der Waals surface area contributed by atoms with Crippen molar-refractivity contribution in [1.82, 2.24) is 9.55 Å². The summed E-state index contributed by atoms with van der Waals surface area (Å²) in [6.45, 7) is 2.84. The van der Waals surface area contributed by atoms with Crippen LogP contribution in [0.15, 0.2) is 36.4 Å². The second-order valence-electron chi connectivity index (χ2n) is 5.71. The fraction of sp³-hybridized carbons (Fsp3) is 0.235. The lowest BCUT2D eigenvalue weighted by atomic mass is 10.2. The second-order valence-corrected chi connectivity index (χ2v) is 5.71. The van der Waals surface area contributed by atoms with E-state index >= 15 is 0 Å². The Kier molecular flexibility index (Phi) is 3.12. The molecule has 0 aliphatic carbocycles. The van der Waals surface area contributed by atoms with E-state index in [9.17, 15) is 0 Å². The molecule has 0 spiro atoms. The summed E-state index contributed by atoms with van der Waals surface area (Å²) in [5, 5.41) is 0. The maximum absolute atomic E-state index is 5.91. The van der Waals surface area contributed by atoms with Crippen molar-refractivity contribution in [2.75, 3.05) is 19.1 Å². The summed E-state index contributed by atoms with van der Waals surface area (Å²) >= 11 is 0. The number of hydrogen-bond acceptors (Lipinski definition) is 5. The highest BCUT2D eigenvalue weighted by Gasteiger charge is 2.21. The number of hydrogen-bond donors (Lipinski definition) is 2. The van der Waals surface area contributed by atoms with Crippen LogP contribution < -0.4 is 20.9 Å². The van der Waals surface area contributed by atoms with Crippen LogP contribution in [0.1, 0.15) is 13.0 Å². The fourth-order valence-corrected chi connectivity index (χ4v) is 2.87. The summed E-state index contributed by atoms with van der Waals surface area (Å²) < 4.78 is 13.1. The Labute approximate surface area is 133 Å². The number of rotatable bonds is 3. The van der Waals surface area contributed by atoms with Crippen LogP contribution in [0.5, 0.6) is 11.5 Å². The van der Waals surface area contributed by atoms with E-state index in [0.29, 0.717) is 6.54 Å². The topological polar surface area (TPSA) is 88.3 Å². The third-order valence-electron chi connectivity index (χ3n) is 4.13. The molecule has 0 amide bonds. The van der Waals surface area contributed by atoms with Crippen molar-refractivity contribution in [2.45, 2.75) is 13.0 Å². The quantitative estimate of drug-likeness (QED) is 0.726. The molecule has 4 N–H and O–H groups in total. The molecular weight excluding hydrogens is 292 g/mol.